The van der Waals surface area contributed by atoms with Gasteiger partial charge in [0.2, 0.25) is 0 Å². The molecule has 0 aliphatic carbocycles. The summed E-state index contributed by atoms with van der Waals surface area (Å²) in [4.78, 5) is 0. The lowest BCUT2D eigenvalue weighted by atomic mass is 10.2. The van der Waals surface area contributed by atoms with Gasteiger partial charge in [-0.3, -0.25) is 0 Å². The van der Waals surface area contributed by atoms with E-state index in [1.54, 1.807) is 30.3 Å². The minimum Gasteiger partial charge on any atom is -0.506 e. The molecule has 0 heterocycles. The Hall–Kier alpha value is -0.860. The molecule has 0 radical (unpaired) electrons. The van der Waals surface area contributed by atoms with Gasteiger partial charge in [0.05, 0.1) is 25.9 Å². The second-order valence-corrected chi connectivity index (χ2v) is 7.29. The van der Waals surface area contributed by atoms with Gasteiger partial charge in [-0.25, -0.2) is 5.01 Å². The van der Waals surface area contributed by atoms with Crippen molar-refractivity contribution in [3.63, 3.8) is 0 Å². The van der Waals surface area contributed by atoms with Gasteiger partial charge in [-0.1, -0.05) is 23.2 Å². The van der Waals surface area contributed by atoms with Crippen LogP contribution in [-0.2, 0) is 0 Å². The molecule has 0 amide bonds. The van der Waals surface area contributed by atoms with Crippen molar-refractivity contribution in [2.24, 2.45) is 10.8 Å². The first-order valence-electron chi connectivity index (χ1n) is 6.06. The summed E-state index contributed by atoms with van der Waals surface area (Å²) in [6.07, 6.45) is 1.53. The van der Waals surface area contributed by atoms with Crippen LogP contribution in [0.25, 0.3) is 0 Å². The summed E-state index contributed by atoms with van der Waals surface area (Å²) in [6.45, 7) is 0. The molecule has 3 N–H and O–H groups in total. The highest BCUT2D eigenvalue weighted by atomic mass is 79.9. The van der Waals surface area contributed by atoms with Crippen molar-refractivity contribution in [2.45, 2.75) is 0 Å². The zero-order valence-corrected chi connectivity index (χ0v) is 16.8. The molecule has 0 atom stereocenters. The highest BCUT2D eigenvalue weighted by molar-refractivity contribution is 9.11. The molecule has 9 heteroatoms. The summed E-state index contributed by atoms with van der Waals surface area (Å²) < 4.78 is 1.05. The maximum Gasteiger partial charge on any atom is 0.191 e. The average Bonchev–Trinajstić information content (AvgIpc) is 2.48. The highest BCUT2D eigenvalue weighted by Gasteiger charge is 2.13. The fourth-order valence-electron chi connectivity index (χ4n) is 1.67. The number of halogens is 4. The van der Waals surface area contributed by atoms with Crippen LogP contribution in [0.4, 0.5) is 5.69 Å². The van der Waals surface area contributed by atoms with Crippen LogP contribution in [0.2, 0.25) is 10.0 Å². The standard InChI is InChI=1S/C14H9Br2Cl2N3OS/c15-9-3-7(4-10(16)13(9)22)6-20-21(14(19)23)12-5-8(17)1-2-11(12)18/h1-6,22H,(H2,19,23)/b20-6+. The molecular formula is C14H9Br2Cl2N3OS. The molecule has 4 nitrogen and oxygen atoms in total. The number of rotatable bonds is 3. The highest BCUT2D eigenvalue weighted by Crippen LogP contribution is 2.33. The zero-order chi connectivity index (χ0) is 17.1. The number of phenols is 1. The molecule has 0 aliphatic rings. The van der Waals surface area contributed by atoms with E-state index in [1.165, 1.54) is 11.2 Å². The van der Waals surface area contributed by atoms with E-state index >= 15 is 0 Å². The van der Waals surface area contributed by atoms with E-state index in [-0.39, 0.29) is 10.9 Å². The van der Waals surface area contributed by atoms with Crippen molar-refractivity contribution in [1.29, 1.82) is 0 Å². The van der Waals surface area contributed by atoms with Gasteiger partial charge in [0.15, 0.2) is 5.11 Å². The number of nitrogens with zero attached hydrogens (tertiary/aromatic N) is 2. The summed E-state index contributed by atoms with van der Waals surface area (Å²) in [5, 5.41) is 16.2. The van der Waals surface area contributed by atoms with E-state index < -0.39 is 0 Å². The van der Waals surface area contributed by atoms with Crippen LogP contribution in [0.3, 0.4) is 0 Å². The van der Waals surface area contributed by atoms with E-state index in [4.69, 9.17) is 41.2 Å². The van der Waals surface area contributed by atoms with Crippen LogP contribution in [0, 0.1) is 0 Å². The number of hydrogen-bond acceptors (Lipinski definition) is 3. The third-order valence-corrected chi connectivity index (χ3v) is 4.64. The van der Waals surface area contributed by atoms with Gasteiger partial charge in [0.25, 0.3) is 0 Å². The molecule has 0 aromatic heterocycles. The van der Waals surface area contributed by atoms with Gasteiger partial charge >= 0.3 is 0 Å². The fourth-order valence-corrected chi connectivity index (χ4v) is 3.40. The van der Waals surface area contributed by atoms with Gasteiger partial charge in [-0.15, -0.1) is 0 Å². The predicted octanol–water partition coefficient (Wildman–Crippen LogP) is 5.31. The van der Waals surface area contributed by atoms with Crippen molar-refractivity contribution >= 4 is 84.3 Å². The molecule has 0 saturated carbocycles. The number of benzene rings is 2. The van der Waals surface area contributed by atoms with E-state index in [9.17, 15) is 5.11 Å². The lowest BCUT2D eigenvalue weighted by Crippen LogP contribution is -2.31. The fraction of sp³-hybridized carbons (Fsp3) is 0. The lowest BCUT2D eigenvalue weighted by molar-refractivity contribution is 0.468. The number of phenolic OH excluding ortho intramolecular Hbond substituents is 1. The van der Waals surface area contributed by atoms with E-state index in [0.29, 0.717) is 30.2 Å². The van der Waals surface area contributed by atoms with Crippen LogP contribution in [0.5, 0.6) is 5.75 Å². The monoisotopic (exact) mass is 495 g/mol. The molecule has 0 spiro atoms. The molecule has 0 fully saturated rings. The maximum absolute atomic E-state index is 9.72. The number of anilines is 1. The third kappa shape index (κ3) is 4.58. The van der Waals surface area contributed by atoms with Crippen LogP contribution >= 0.6 is 67.3 Å². The number of nitrogens with two attached hydrogens (primary N) is 1. The van der Waals surface area contributed by atoms with Gasteiger partial charge in [0.1, 0.15) is 5.75 Å². The third-order valence-electron chi connectivity index (χ3n) is 2.71. The Morgan fingerprint density at radius 1 is 1.22 bits per heavy atom. The quantitative estimate of drug-likeness (QED) is 0.343. The summed E-state index contributed by atoms with van der Waals surface area (Å²) in [6, 6.07) is 8.29. The first kappa shape index (κ1) is 18.5. The number of aromatic hydroxyl groups is 1. The number of hydrogen-bond donors (Lipinski definition) is 2. The van der Waals surface area contributed by atoms with E-state index in [2.05, 4.69) is 37.0 Å². The van der Waals surface area contributed by atoms with Gasteiger partial charge in [-0.05, 0) is 80.0 Å². The van der Waals surface area contributed by atoms with Gasteiger partial charge in [-0.2, -0.15) is 5.10 Å². The first-order valence-corrected chi connectivity index (χ1v) is 8.81. The summed E-state index contributed by atoms with van der Waals surface area (Å²) in [7, 11) is 0. The Balaban J connectivity index is 2.40. The summed E-state index contributed by atoms with van der Waals surface area (Å²) in [5.41, 5.74) is 6.90. The van der Waals surface area contributed by atoms with Crippen LogP contribution in [0.15, 0.2) is 44.4 Å². The van der Waals surface area contributed by atoms with Crippen LogP contribution in [0.1, 0.15) is 5.56 Å². The molecule has 0 unspecified atom stereocenters. The Bertz CT molecular complexity index is 779. The minimum atomic E-state index is 0.0160. The molecule has 2 aromatic rings. The van der Waals surface area contributed by atoms with Crippen molar-refractivity contribution in [3.8, 4) is 5.75 Å². The molecule has 0 saturated heterocycles. The molecular weight excluding hydrogens is 489 g/mol. The van der Waals surface area contributed by atoms with Crippen molar-refractivity contribution < 1.29 is 5.11 Å². The SMILES string of the molecule is NC(=S)N(/N=C/c1cc(Br)c(O)c(Br)c1)c1cc(Cl)ccc1Cl. The van der Waals surface area contributed by atoms with E-state index in [1.807, 2.05) is 0 Å². The first-order chi connectivity index (χ1) is 10.8. The smallest absolute Gasteiger partial charge is 0.191 e. The van der Waals surface area contributed by atoms with Gasteiger partial charge < -0.3 is 10.8 Å². The second kappa shape index (κ2) is 7.81. The molecule has 2 aromatic carbocycles. The van der Waals surface area contributed by atoms with Crippen molar-refractivity contribution in [1.82, 2.24) is 0 Å². The predicted molar refractivity (Wildman–Crippen MR) is 107 cm³/mol. The average molecular weight is 498 g/mol. The Kier molecular flexibility index (Phi) is 6.27. The van der Waals surface area contributed by atoms with Crippen molar-refractivity contribution in [2.75, 3.05) is 5.01 Å². The normalized spacial score (nSPS) is 11.0. The Morgan fingerprint density at radius 2 is 1.83 bits per heavy atom. The molecule has 2 rings (SSSR count). The van der Waals surface area contributed by atoms with Crippen LogP contribution in [-0.4, -0.2) is 16.4 Å². The van der Waals surface area contributed by atoms with Gasteiger partial charge in [0, 0.05) is 5.02 Å². The molecule has 0 bridgehead atoms. The topological polar surface area (TPSA) is 61.8 Å². The summed E-state index contributed by atoms with van der Waals surface area (Å²) in [5.74, 6) is 0.103. The Morgan fingerprint density at radius 3 is 2.39 bits per heavy atom. The molecule has 120 valence electrons. The second-order valence-electron chi connectivity index (χ2n) is 4.32. The molecule has 23 heavy (non-hydrogen) atoms. The number of hydrazone groups is 1. The zero-order valence-electron chi connectivity index (χ0n) is 11.3. The minimum absolute atomic E-state index is 0.0160. The lowest BCUT2D eigenvalue weighted by Gasteiger charge is -2.18. The largest absolute Gasteiger partial charge is 0.506 e. The Labute approximate surface area is 165 Å². The molecule has 0 aliphatic heterocycles. The van der Waals surface area contributed by atoms with Crippen LogP contribution < -0.4 is 10.7 Å². The summed E-state index contributed by atoms with van der Waals surface area (Å²) >= 11 is 23.7. The maximum atomic E-state index is 9.72. The van der Waals surface area contributed by atoms with E-state index in [0.717, 1.165) is 0 Å². The number of thiocarbonyl (C=S) groups is 1. The van der Waals surface area contributed by atoms with Crippen molar-refractivity contribution in [3.05, 3.63) is 54.9 Å².